The van der Waals surface area contributed by atoms with Gasteiger partial charge >= 0.3 is 6.18 Å². The van der Waals surface area contributed by atoms with Gasteiger partial charge in [-0.05, 0) is 12.5 Å². The molecule has 2 aromatic rings. The normalized spacial score (nSPS) is 18.7. The van der Waals surface area contributed by atoms with Gasteiger partial charge in [0.15, 0.2) is 6.04 Å². The summed E-state index contributed by atoms with van der Waals surface area (Å²) in [6, 6.07) is 6.76. The van der Waals surface area contributed by atoms with Gasteiger partial charge < -0.3 is 10.2 Å². The summed E-state index contributed by atoms with van der Waals surface area (Å²) >= 11 is 0. The third-order valence-corrected chi connectivity index (χ3v) is 4.85. The highest BCUT2D eigenvalue weighted by Gasteiger charge is 2.47. The third-order valence-electron chi connectivity index (χ3n) is 4.85. The second kappa shape index (κ2) is 7.54. The number of aryl methyl sites for hydroxylation is 1. The standard InChI is InChI=1S/C19H20F3N5O/c1-12-4-6-13(7-5-12)15-10-16(19(20,21)22)27-17(25-15)14(11-24-27)18(28)26(2)9-3-8-23/h4-7,11,15-16,25H,3,9-10H2,1-2H3/t15-,16-/m0/s1. The molecule has 1 N–H and O–H groups in total. The van der Waals surface area contributed by atoms with Crippen LogP contribution in [0.4, 0.5) is 19.0 Å². The van der Waals surface area contributed by atoms with E-state index in [4.69, 9.17) is 5.26 Å². The van der Waals surface area contributed by atoms with E-state index in [1.54, 1.807) is 12.1 Å². The van der Waals surface area contributed by atoms with E-state index in [9.17, 15) is 18.0 Å². The average molecular weight is 391 g/mol. The van der Waals surface area contributed by atoms with E-state index in [1.807, 2.05) is 25.1 Å². The maximum atomic E-state index is 13.7. The zero-order chi connectivity index (χ0) is 20.5. The Morgan fingerprint density at radius 2 is 2.07 bits per heavy atom. The number of nitrogens with one attached hydrogen (secondary N) is 1. The van der Waals surface area contributed by atoms with Crippen molar-refractivity contribution in [2.24, 2.45) is 0 Å². The summed E-state index contributed by atoms with van der Waals surface area (Å²) in [5, 5.41) is 15.6. The van der Waals surface area contributed by atoms with Crippen LogP contribution >= 0.6 is 0 Å². The number of rotatable bonds is 4. The molecule has 0 fully saturated rings. The van der Waals surface area contributed by atoms with Crippen molar-refractivity contribution in [2.75, 3.05) is 18.9 Å². The fourth-order valence-corrected chi connectivity index (χ4v) is 3.26. The number of halogens is 3. The first-order chi connectivity index (χ1) is 13.2. The van der Waals surface area contributed by atoms with E-state index < -0.39 is 24.2 Å². The zero-order valence-electron chi connectivity index (χ0n) is 15.5. The molecule has 0 radical (unpaired) electrons. The Balaban J connectivity index is 1.98. The van der Waals surface area contributed by atoms with Crippen LogP contribution in [0.5, 0.6) is 0 Å². The number of alkyl halides is 3. The molecule has 0 aliphatic carbocycles. The second-order valence-electron chi connectivity index (χ2n) is 6.89. The van der Waals surface area contributed by atoms with Gasteiger partial charge in [0.1, 0.15) is 11.4 Å². The molecule has 0 saturated heterocycles. The van der Waals surface area contributed by atoms with E-state index in [0.29, 0.717) is 5.56 Å². The first kappa shape index (κ1) is 19.7. The predicted octanol–water partition coefficient (Wildman–Crippen LogP) is 3.84. The number of hydrogen-bond acceptors (Lipinski definition) is 4. The van der Waals surface area contributed by atoms with Crippen LogP contribution in [0, 0.1) is 18.3 Å². The summed E-state index contributed by atoms with van der Waals surface area (Å²) in [6.45, 7) is 2.09. The molecule has 148 valence electrons. The molecule has 1 aliphatic heterocycles. The van der Waals surface area contributed by atoms with Gasteiger partial charge in [0.25, 0.3) is 5.91 Å². The van der Waals surface area contributed by atoms with Gasteiger partial charge in [-0.25, -0.2) is 4.68 Å². The molecule has 2 atom stereocenters. The molecular weight excluding hydrogens is 371 g/mol. The number of carbonyl (C=O) groups is 1. The number of carbonyl (C=O) groups excluding carboxylic acids is 1. The fraction of sp³-hybridized carbons (Fsp3) is 0.421. The maximum Gasteiger partial charge on any atom is 0.410 e. The summed E-state index contributed by atoms with van der Waals surface area (Å²) in [5.74, 6) is -0.428. The van der Waals surface area contributed by atoms with Crippen LogP contribution in [0.2, 0.25) is 0 Å². The van der Waals surface area contributed by atoms with Crippen molar-refractivity contribution in [1.29, 1.82) is 5.26 Å². The molecule has 6 nitrogen and oxygen atoms in total. The first-order valence-corrected chi connectivity index (χ1v) is 8.82. The van der Waals surface area contributed by atoms with E-state index in [0.717, 1.165) is 16.4 Å². The molecule has 1 aromatic carbocycles. The highest BCUT2D eigenvalue weighted by atomic mass is 19.4. The maximum absolute atomic E-state index is 13.7. The average Bonchev–Trinajstić information content (AvgIpc) is 3.08. The van der Waals surface area contributed by atoms with Gasteiger partial charge in [0.05, 0.1) is 24.7 Å². The van der Waals surface area contributed by atoms with E-state index in [-0.39, 0.29) is 30.8 Å². The second-order valence-corrected chi connectivity index (χ2v) is 6.89. The summed E-state index contributed by atoms with van der Waals surface area (Å²) < 4.78 is 41.9. The number of nitriles is 1. The molecule has 1 amide bonds. The van der Waals surface area contributed by atoms with Crippen molar-refractivity contribution in [3.8, 4) is 6.07 Å². The van der Waals surface area contributed by atoms with Gasteiger partial charge in [-0.1, -0.05) is 29.8 Å². The minimum absolute atomic E-state index is 0.0490. The molecule has 9 heteroatoms. The van der Waals surface area contributed by atoms with Crippen molar-refractivity contribution in [1.82, 2.24) is 14.7 Å². The van der Waals surface area contributed by atoms with Gasteiger partial charge in [0.2, 0.25) is 0 Å². The number of anilines is 1. The lowest BCUT2D eigenvalue weighted by Gasteiger charge is -2.34. The summed E-state index contributed by atoms with van der Waals surface area (Å²) in [5.41, 5.74) is 1.78. The van der Waals surface area contributed by atoms with Crippen molar-refractivity contribution in [2.45, 2.75) is 38.0 Å². The van der Waals surface area contributed by atoms with E-state index >= 15 is 0 Å². The van der Waals surface area contributed by atoms with Crippen LogP contribution in [0.15, 0.2) is 30.5 Å². The number of amides is 1. The number of nitrogens with zero attached hydrogens (tertiary/aromatic N) is 4. The lowest BCUT2D eigenvalue weighted by atomic mass is 9.96. The molecule has 1 aromatic heterocycles. The Morgan fingerprint density at radius 3 is 2.68 bits per heavy atom. The highest BCUT2D eigenvalue weighted by Crippen LogP contribution is 2.44. The summed E-state index contributed by atoms with van der Waals surface area (Å²) in [6.07, 6.45) is -3.43. The monoisotopic (exact) mass is 391 g/mol. The van der Waals surface area contributed by atoms with Crippen LogP contribution in [0.25, 0.3) is 0 Å². The zero-order valence-corrected chi connectivity index (χ0v) is 15.5. The van der Waals surface area contributed by atoms with Gasteiger partial charge in [-0.3, -0.25) is 4.79 Å². The van der Waals surface area contributed by atoms with Crippen LogP contribution in [-0.2, 0) is 0 Å². The number of hydrogen-bond donors (Lipinski definition) is 1. The minimum Gasteiger partial charge on any atom is -0.363 e. The van der Waals surface area contributed by atoms with Crippen LogP contribution in [0.3, 0.4) is 0 Å². The first-order valence-electron chi connectivity index (χ1n) is 8.82. The molecule has 28 heavy (non-hydrogen) atoms. The van der Waals surface area contributed by atoms with Crippen molar-refractivity contribution in [3.63, 3.8) is 0 Å². The van der Waals surface area contributed by atoms with E-state index in [1.165, 1.54) is 11.9 Å². The highest BCUT2D eigenvalue weighted by molar-refractivity contribution is 5.98. The largest absolute Gasteiger partial charge is 0.410 e. The summed E-state index contributed by atoms with van der Waals surface area (Å²) in [4.78, 5) is 14.0. The van der Waals surface area contributed by atoms with Crippen LogP contribution < -0.4 is 5.32 Å². The SMILES string of the molecule is Cc1ccc([C@@H]2C[C@@H](C(F)(F)F)n3ncc(C(=O)N(C)CCC#N)c3N2)cc1. The number of fused-ring (bicyclic) bond motifs is 1. The molecule has 0 bridgehead atoms. The summed E-state index contributed by atoms with van der Waals surface area (Å²) in [7, 11) is 1.51. The Kier molecular flexibility index (Phi) is 5.31. The minimum atomic E-state index is -4.50. The smallest absolute Gasteiger partial charge is 0.363 e. The Bertz CT molecular complexity index is 898. The Hall–Kier alpha value is -3.02. The Morgan fingerprint density at radius 1 is 1.39 bits per heavy atom. The Labute approximate surface area is 160 Å². The number of aromatic nitrogens is 2. The topological polar surface area (TPSA) is 74.0 Å². The third kappa shape index (κ3) is 3.81. The van der Waals surface area contributed by atoms with Gasteiger partial charge in [-0.15, -0.1) is 0 Å². The molecule has 0 unspecified atom stereocenters. The fourth-order valence-electron chi connectivity index (χ4n) is 3.26. The van der Waals surface area contributed by atoms with Crippen molar-refractivity contribution >= 4 is 11.7 Å². The van der Waals surface area contributed by atoms with E-state index in [2.05, 4.69) is 10.4 Å². The molecule has 0 saturated carbocycles. The lowest BCUT2D eigenvalue weighted by molar-refractivity contribution is -0.173. The van der Waals surface area contributed by atoms with Crippen LogP contribution in [0.1, 0.15) is 46.4 Å². The van der Waals surface area contributed by atoms with Crippen LogP contribution in [-0.4, -0.2) is 40.4 Å². The van der Waals surface area contributed by atoms with Crippen molar-refractivity contribution < 1.29 is 18.0 Å². The van der Waals surface area contributed by atoms with Crippen molar-refractivity contribution in [3.05, 3.63) is 47.2 Å². The molecular formula is C19H20F3N5O. The van der Waals surface area contributed by atoms with Gasteiger partial charge in [0, 0.05) is 20.0 Å². The molecule has 1 aliphatic rings. The predicted molar refractivity (Wildman–Crippen MR) is 96.7 cm³/mol. The molecule has 3 rings (SSSR count). The lowest BCUT2D eigenvalue weighted by Crippen LogP contribution is -2.36. The molecule has 0 spiro atoms. The molecule has 2 heterocycles. The number of benzene rings is 1. The van der Waals surface area contributed by atoms with Gasteiger partial charge in [-0.2, -0.15) is 23.5 Å². The quantitative estimate of drug-likeness (QED) is 0.860.